The van der Waals surface area contributed by atoms with Crippen molar-refractivity contribution < 1.29 is 9.55 Å². The monoisotopic (exact) mass is 299 g/mol. The van der Waals surface area contributed by atoms with Gasteiger partial charge in [-0.3, -0.25) is 10.1 Å². The fourth-order valence-corrected chi connectivity index (χ4v) is 2.10. The Kier molecular flexibility index (Phi) is 3.82. The average molecular weight is 299 g/mol. The van der Waals surface area contributed by atoms with Gasteiger partial charge >= 0.3 is 5.69 Å². The summed E-state index contributed by atoms with van der Waals surface area (Å²) in [5, 5.41) is 24.6. The van der Waals surface area contributed by atoms with E-state index < -0.39 is 4.92 Å². The second-order valence-corrected chi connectivity index (χ2v) is 4.57. The molecular weight excluding hydrogens is 286 g/mol. The SMILES string of the molecule is O=[N+]([O-])c1ccc(NCCNc2ccccc2)c2nonc12. The van der Waals surface area contributed by atoms with Crippen LogP contribution in [-0.4, -0.2) is 28.3 Å². The van der Waals surface area contributed by atoms with Crippen LogP contribution in [0, 0.1) is 10.1 Å². The maximum absolute atomic E-state index is 10.9. The van der Waals surface area contributed by atoms with Crippen molar-refractivity contribution in [2.45, 2.75) is 0 Å². The summed E-state index contributed by atoms with van der Waals surface area (Å²) in [6.45, 7) is 1.31. The average Bonchev–Trinajstić information content (AvgIpc) is 3.02. The molecule has 0 saturated heterocycles. The number of hydrogen-bond acceptors (Lipinski definition) is 7. The van der Waals surface area contributed by atoms with E-state index in [4.69, 9.17) is 0 Å². The largest absolute Gasteiger partial charge is 0.383 e. The number of benzene rings is 2. The number of nitro benzene ring substituents is 1. The molecule has 3 aromatic rings. The van der Waals surface area contributed by atoms with Gasteiger partial charge in [0.1, 0.15) is 0 Å². The Bertz CT molecular complexity index is 788. The van der Waals surface area contributed by atoms with Crippen LogP contribution in [0.4, 0.5) is 17.1 Å². The highest BCUT2D eigenvalue weighted by atomic mass is 16.6. The zero-order chi connectivity index (χ0) is 15.4. The van der Waals surface area contributed by atoms with Crippen molar-refractivity contribution in [2.24, 2.45) is 0 Å². The van der Waals surface area contributed by atoms with E-state index in [-0.39, 0.29) is 11.2 Å². The molecule has 112 valence electrons. The van der Waals surface area contributed by atoms with Gasteiger partial charge < -0.3 is 10.6 Å². The van der Waals surface area contributed by atoms with E-state index in [1.54, 1.807) is 6.07 Å². The van der Waals surface area contributed by atoms with Crippen LogP contribution in [-0.2, 0) is 0 Å². The number of para-hydroxylation sites is 1. The summed E-state index contributed by atoms with van der Waals surface area (Å²) in [7, 11) is 0. The summed E-state index contributed by atoms with van der Waals surface area (Å²) in [6, 6.07) is 12.8. The van der Waals surface area contributed by atoms with E-state index in [2.05, 4.69) is 25.6 Å². The standard InChI is InChI=1S/C14H13N5O3/c20-19(21)12-7-6-11(13-14(12)18-22-17-13)16-9-8-15-10-4-2-1-3-5-10/h1-7,15-16H,8-9H2. The van der Waals surface area contributed by atoms with Gasteiger partial charge in [-0.2, -0.15) is 0 Å². The van der Waals surface area contributed by atoms with Crippen molar-refractivity contribution in [1.29, 1.82) is 0 Å². The van der Waals surface area contributed by atoms with Crippen LogP contribution >= 0.6 is 0 Å². The predicted octanol–water partition coefficient (Wildman–Crippen LogP) is 2.66. The Hall–Kier alpha value is -3.16. The summed E-state index contributed by atoms with van der Waals surface area (Å²) in [5.74, 6) is 0. The maximum Gasteiger partial charge on any atom is 0.300 e. The number of non-ortho nitro benzene ring substituents is 1. The number of aromatic nitrogens is 2. The lowest BCUT2D eigenvalue weighted by atomic mass is 10.2. The van der Waals surface area contributed by atoms with Crippen molar-refractivity contribution in [1.82, 2.24) is 10.3 Å². The zero-order valence-electron chi connectivity index (χ0n) is 11.5. The predicted molar refractivity (Wildman–Crippen MR) is 81.9 cm³/mol. The summed E-state index contributed by atoms with van der Waals surface area (Å²) in [5.41, 5.74) is 2.06. The van der Waals surface area contributed by atoms with Crippen LogP contribution in [0.3, 0.4) is 0 Å². The molecule has 0 spiro atoms. The molecule has 3 rings (SSSR count). The third-order valence-corrected chi connectivity index (χ3v) is 3.13. The van der Waals surface area contributed by atoms with E-state index in [9.17, 15) is 10.1 Å². The summed E-state index contributed by atoms with van der Waals surface area (Å²) in [4.78, 5) is 10.4. The van der Waals surface area contributed by atoms with Crippen LogP contribution in [0.15, 0.2) is 47.1 Å². The fraction of sp³-hybridized carbons (Fsp3) is 0.143. The van der Waals surface area contributed by atoms with Crippen molar-refractivity contribution in [3.63, 3.8) is 0 Å². The molecule has 0 aliphatic carbocycles. The van der Waals surface area contributed by atoms with Crippen LogP contribution in [0.1, 0.15) is 0 Å². The molecule has 0 unspecified atom stereocenters. The molecule has 0 fully saturated rings. The normalized spacial score (nSPS) is 10.5. The molecule has 0 aliphatic heterocycles. The van der Waals surface area contributed by atoms with Crippen molar-refractivity contribution >= 4 is 28.1 Å². The minimum Gasteiger partial charge on any atom is -0.383 e. The molecule has 22 heavy (non-hydrogen) atoms. The molecule has 2 aromatic carbocycles. The summed E-state index contributed by atoms with van der Waals surface area (Å²) >= 11 is 0. The highest BCUT2D eigenvalue weighted by Crippen LogP contribution is 2.28. The molecule has 1 aromatic heterocycles. The van der Waals surface area contributed by atoms with E-state index in [0.29, 0.717) is 24.3 Å². The van der Waals surface area contributed by atoms with Gasteiger partial charge in [0.15, 0.2) is 5.52 Å². The van der Waals surface area contributed by atoms with E-state index in [1.807, 2.05) is 30.3 Å². The number of hydrogen-bond donors (Lipinski definition) is 2. The Labute approximate surface area is 125 Å². The molecule has 0 aliphatic rings. The third-order valence-electron chi connectivity index (χ3n) is 3.13. The highest BCUT2D eigenvalue weighted by molar-refractivity contribution is 5.93. The van der Waals surface area contributed by atoms with Gasteiger partial charge in [-0.15, -0.1) is 0 Å². The topological polar surface area (TPSA) is 106 Å². The first kappa shape index (κ1) is 13.8. The first-order valence-corrected chi connectivity index (χ1v) is 6.68. The van der Waals surface area contributed by atoms with Gasteiger partial charge in [0.25, 0.3) is 0 Å². The number of nitro groups is 1. The van der Waals surface area contributed by atoms with Crippen LogP contribution in [0.5, 0.6) is 0 Å². The highest BCUT2D eigenvalue weighted by Gasteiger charge is 2.19. The molecule has 8 heteroatoms. The molecule has 0 atom stereocenters. The van der Waals surface area contributed by atoms with Gasteiger partial charge in [-0.05, 0) is 28.5 Å². The number of nitrogens with zero attached hydrogens (tertiary/aromatic N) is 3. The maximum atomic E-state index is 10.9. The van der Waals surface area contributed by atoms with E-state index in [1.165, 1.54) is 6.07 Å². The van der Waals surface area contributed by atoms with Gasteiger partial charge in [-0.1, -0.05) is 18.2 Å². The second-order valence-electron chi connectivity index (χ2n) is 4.57. The second kappa shape index (κ2) is 6.08. The smallest absolute Gasteiger partial charge is 0.300 e. The lowest BCUT2D eigenvalue weighted by Crippen LogP contribution is -2.13. The molecule has 0 radical (unpaired) electrons. The van der Waals surface area contributed by atoms with Gasteiger partial charge in [0.2, 0.25) is 5.52 Å². The number of rotatable bonds is 6. The van der Waals surface area contributed by atoms with Gasteiger partial charge in [0, 0.05) is 24.8 Å². The van der Waals surface area contributed by atoms with Crippen LogP contribution in [0.2, 0.25) is 0 Å². The molecule has 0 saturated carbocycles. The van der Waals surface area contributed by atoms with Gasteiger partial charge in [-0.25, -0.2) is 4.63 Å². The van der Waals surface area contributed by atoms with Crippen LogP contribution < -0.4 is 10.6 Å². The van der Waals surface area contributed by atoms with E-state index in [0.717, 1.165) is 5.69 Å². The number of fused-ring (bicyclic) bond motifs is 1. The molecule has 1 heterocycles. The molecular formula is C14H13N5O3. The zero-order valence-corrected chi connectivity index (χ0v) is 11.5. The van der Waals surface area contributed by atoms with E-state index >= 15 is 0 Å². The number of nitrogens with one attached hydrogen (secondary N) is 2. The van der Waals surface area contributed by atoms with Gasteiger partial charge in [0.05, 0.1) is 10.6 Å². The molecule has 0 amide bonds. The quantitative estimate of drug-likeness (QED) is 0.409. The first-order valence-electron chi connectivity index (χ1n) is 6.68. The fourth-order valence-electron chi connectivity index (χ4n) is 2.10. The lowest BCUT2D eigenvalue weighted by molar-refractivity contribution is -0.383. The molecule has 2 N–H and O–H groups in total. The Balaban J connectivity index is 1.66. The lowest BCUT2D eigenvalue weighted by Gasteiger charge is -2.08. The molecule has 8 nitrogen and oxygen atoms in total. The summed E-state index contributed by atoms with van der Waals surface area (Å²) in [6.07, 6.45) is 0. The minimum atomic E-state index is -0.507. The van der Waals surface area contributed by atoms with Crippen molar-refractivity contribution in [2.75, 3.05) is 23.7 Å². The first-order chi connectivity index (χ1) is 10.8. The Morgan fingerprint density at radius 2 is 1.73 bits per heavy atom. The van der Waals surface area contributed by atoms with Crippen molar-refractivity contribution in [3.05, 3.63) is 52.6 Å². The Morgan fingerprint density at radius 3 is 2.50 bits per heavy atom. The van der Waals surface area contributed by atoms with Crippen LogP contribution in [0.25, 0.3) is 11.0 Å². The third kappa shape index (κ3) is 2.80. The Morgan fingerprint density at radius 1 is 1.00 bits per heavy atom. The minimum absolute atomic E-state index is 0.121. The van der Waals surface area contributed by atoms with Crippen molar-refractivity contribution in [3.8, 4) is 0 Å². The summed E-state index contributed by atoms with van der Waals surface area (Å²) < 4.78 is 4.61. The number of anilines is 2. The molecule has 0 bridgehead atoms.